The number of hydrogen-bond acceptors (Lipinski definition) is 8. The fraction of sp³-hybridized carbons (Fsp3) is 0.902. The Kier molecular flexibility index (Phi) is 39.4. The summed E-state index contributed by atoms with van der Waals surface area (Å²) < 4.78 is 11.2. The molecule has 0 aliphatic carbocycles. The predicted octanol–water partition coefficient (Wildman–Crippen LogP) is 11.5. The van der Waals surface area contributed by atoms with Gasteiger partial charge in [0.25, 0.3) is 0 Å². The van der Waals surface area contributed by atoms with Crippen LogP contribution in [-0.4, -0.2) is 87.5 Å². The van der Waals surface area contributed by atoms with E-state index >= 15 is 0 Å². The summed E-state index contributed by atoms with van der Waals surface area (Å²) >= 11 is 0. The minimum absolute atomic E-state index is 0.177. The van der Waals surface area contributed by atoms with E-state index in [1.165, 1.54) is 180 Å². The zero-order chi connectivity index (χ0) is 43.7. The van der Waals surface area contributed by atoms with Crippen LogP contribution in [0.5, 0.6) is 0 Å². The molecule has 354 valence electrons. The molecule has 0 aromatic carbocycles. The van der Waals surface area contributed by atoms with Crippen molar-refractivity contribution in [1.82, 2.24) is 5.32 Å². The van der Waals surface area contributed by atoms with E-state index in [2.05, 4.69) is 31.3 Å². The first-order chi connectivity index (χ1) is 29.3. The zero-order valence-electron chi connectivity index (χ0n) is 39.0. The molecule has 0 spiro atoms. The van der Waals surface area contributed by atoms with Crippen LogP contribution in [0.3, 0.4) is 0 Å². The van der Waals surface area contributed by atoms with Gasteiger partial charge in [0.05, 0.1) is 25.4 Å². The van der Waals surface area contributed by atoms with Crippen molar-refractivity contribution in [3.05, 3.63) is 24.3 Å². The lowest BCUT2D eigenvalue weighted by molar-refractivity contribution is -0.302. The Morgan fingerprint density at radius 1 is 0.550 bits per heavy atom. The van der Waals surface area contributed by atoms with E-state index in [4.69, 9.17) is 9.47 Å². The molecule has 0 aromatic rings. The highest BCUT2D eigenvalue weighted by Gasteiger charge is 2.44. The van der Waals surface area contributed by atoms with Crippen LogP contribution in [0.2, 0.25) is 0 Å². The minimum atomic E-state index is -1.56. The van der Waals surface area contributed by atoms with Crippen molar-refractivity contribution in [3.63, 3.8) is 0 Å². The number of amides is 1. The van der Waals surface area contributed by atoms with Crippen molar-refractivity contribution in [2.75, 3.05) is 13.2 Å². The third-order valence-corrected chi connectivity index (χ3v) is 12.3. The molecule has 0 saturated carbocycles. The Labute approximate surface area is 369 Å². The van der Waals surface area contributed by atoms with E-state index in [-0.39, 0.29) is 12.5 Å². The average molecular weight is 852 g/mol. The molecule has 0 bridgehead atoms. The largest absolute Gasteiger partial charge is 0.394 e. The van der Waals surface area contributed by atoms with E-state index < -0.39 is 49.5 Å². The minimum Gasteiger partial charge on any atom is -0.394 e. The van der Waals surface area contributed by atoms with E-state index in [1.54, 1.807) is 6.08 Å². The van der Waals surface area contributed by atoms with Crippen molar-refractivity contribution < 1.29 is 39.8 Å². The van der Waals surface area contributed by atoms with Gasteiger partial charge in [-0.2, -0.15) is 0 Å². The number of hydrogen-bond donors (Lipinski definition) is 6. The first kappa shape index (κ1) is 56.7. The van der Waals surface area contributed by atoms with Gasteiger partial charge in [-0.3, -0.25) is 4.79 Å². The van der Waals surface area contributed by atoms with E-state index in [0.717, 1.165) is 38.5 Å². The summed E-state index contributed by atoms with van der Waals surface area (Å²) in [6.45, 7) is 3.79. The number of aliphatic hydroxyl groups is 5. The molecule has 1 fully saturated rings. The number of allylic oxidation sites excluding steroid dienone is 3. The predicted molar refractivity (Wildman–Crippen MR) is 249 cm³/mol. The smallest absolute Gasteiger partial charge is 0.220 e. The quantitative estimate of drug-likeness (QED) is 0.0262. The van der Waals surface area contributed by atoms with Crippen LogP contribution < -0.4 is 5.32 Å². The van der Waals surface area contributed by atoms with Gasteiger partial charge in [-0.1, -0.05) is 212 Å². The van der Waals surface area contributed by atoms with Crippen LogP contribution in [0.4, 0.5) is 0 Å². The maximum atomic E-state index is 13.0. The fourth-order valence-corrected chi connectivity index (χ4v) is 8.15. The molecule has 1 heterocycles. The van der Waals surface area contributed by atoms with Crippen molar-refractivity contribution in [2.24, 2.45) is 0 Å². The molecule has 9 nitrogen and oxygen atoms in total. The number of carbonyl (C=O) groups is 1. The summed E-state index contributed by atoms with van der Waals surface area (Å²) in [5.74, 6) is -0.177. The second-order valence-corrected chi connectivity index (χ2v) is 18.0. The van der Waals surface area contributed by atoms with E-state index in [1.807, 2.05) is 6.08 Å². The standard InChI is InChI=1S/C51H97NO8/c1-3-5-7-9-11-13-15-17-19-21-23-25-27-29-31-33-35-37-39-41-47(55)52-44(43-59-51-50(58)49(57)48(56)46(42-53)60-51)45(54)40-38-36-34-32-30-28-26-24-22-20-18-16-14-12-10-8-6-4-2/h17,19,38,40,44-46,48-51,53-54,56-58H,3-16,18,20-37,39,41-43H2,1-2H3,(H,52,55)/b19-17-,40-38+. The SMILES string of the molecule is CCCCCCCC/C=C\CCCCCCCCCCCC(=O)NC(COC1OC(CO)C(O)C(O)C1O)C(O)/C=C/CCCCCCCCCCCCCCCCCC. The highest BCUT2D eigenvalue weighted by molar-refractivity contribution is 5.76. The molecule has 9 heteroatoms. The monoisotopic (exact) mass is 852 g/mol. The number of rotatable bonds is 43. The number of carbonyl (C=O) groups excluding carboxylic acids is 1. The molecule has 1 amide bonds. The second-order valence-electron chi connectivity index (χ2n) is 18.0. The maximum absolute atomic E-state index is 13.0. The molecule has 1 saturated heterocycles. The van der Waals surface area contributed by atoms with Gasteiger partial charge in [0.1, 0.15) is 24.4 Å². The second kappa shape index (κ2) is 41.7. The first-order valence-electron chi connectivity index (χ1n) is 25.6. The highest BCUT2D eigenvalue weighted by Crippen LogP contribution is 2.23. The molecule has 1 aliphatic heterocycles. The lowest BCUT2D eigenvalue weighted by atomic mass is 9.99. The lowest BCUT2D eigenvalue weighted by Gasteiger charge is -2.40. The molecule has 6 N–H and O–H groups in total. The van der Waals surface area contributed by atoms with Crippen LogP contribution in [0.25, 0.3) is 0 Å². The Balaban J connectivity index is 2.30. The van der Waals surface area contributed by atoms with Crippen LogP contribution in [0, 0.1) is 0 Å². The van der Waals surface area contributed by atoms with Crippen LogP contribution in [0.1, 0.15) is 239 Å². The first-order valence-corrected chi connectivity index (χ1v) is 25.6. The summed E-state index contributed by atoms with van der Waals surface area (Å²) in [4.78, 5) is 13.0. The molecule has 0 aromatic heterocycles. The Bertz CT molecular complexity index is 992. The van der Waals surface area contributed by atoms with Gasteiger partial charge in [0, 0.05) is 6.42 Å². The van der Waals surface area contributed by atoms with E-state index in [9.17, 15) is 30.3 Å². The van der Waals surface area contributed by atoms with Crippen LogP contribution in [0.15, 0.2) is 24.3 Å². The molecular weight excluding hydrogens is 755 g/mol. The van der Waals surface area contributed by atoms with Crippen molar-refractivity contribution in [2.45, 2.75) is 281 Å². The Morgan fingerprint density at radius 2 is 0.933 bits per heavy atom. The normalized spacial score (nSPS) is 20.7. The molecule has 1 rings (SSSR count). The van der Waals surface area contributed by atoms with Crippen molar-refractivity contribution in [1.29, 1.82) is 0 Å². The summed E-state index contributed by atoms with van der Waals surface area (Å²) in [6.07, 6.45) is 43.6. The molecular formula is C51H97NO8. The third kappa shape index (κ3) is 31.5. The van der Waals surface area contributed by atoms with Gasteiger partial charge in [0.15, 0.2) is 6.29 Å². The molecule has 0 radical (unpaired) electrons. The average Bonchev–Trinajstić information content (AvgIpc) is 3.25. The fourth-order valence-electron chi connectivity index (χ4n) is 8.15. The summed E-state index contributed by atoms with van der Waals surface area (Å²) in [7, 11) is 0. The number of nitrogens with one attached hydrogen (secondary N) is 1. The van der Waals surface area contributed by atoms with Crippen molar-refractivity contribution in [3.8, 4) is 0 Å². The summed E-state index contributed by atoms with van der Waals surface area (Å²) in [5, 5.41) is 54.3. The molecule has 7 atom stereocenters. The highest BCUT2D eigenvalue weighted by atomic mass is 16.7. The molecule has 7 unspecified atom stereocenters. The van der Waals surface area contributed by atoms with Gasteiger partial charge in [-0.15, -0.1) is 0 Å². The maximum Gasteiger partial charge on any atom is 0.220 e. The summed E-state index contributed by atoms with van der Waals surface area (Å²) in [6, 6.07) is -0.803. The van der Waals surface area contributed by atoms with Crippen LogP contribution >= 0.6 is 0 Å². The van der Waals surface area contributed by atoms with Gasteiger partial charge in [-0.25, -0.2) is 0 Å². The van der Waals surface area contributed by atoms with Gasteiger partial charge < -0.3 is 40.3 Å². The molecule has 1 aliphatic rings. The summed E-state index contributed by atoms with van der Waals surface area (Å²) in [5.41, 5.74) is 0. The Hall–Kier alpha value is -1.33. The van der Waals surface area contributed by atoms with E-state index in [0.29, 0.717) is 6.42 Å². The van der Waals surface area contributed by atoms with Gasteiger partial charge in [0.2, 0.25) is 5.91 Å². The third-order valence-electron chi connectivity index (χ3n) is 12.3. The van der Waals surface area contributed by atoms with Gasteiger partial charge in [-0.05, 0) is 44.9 Å². The number of unbranched alkanes of at least 4 members (excludes halogenated alkanes) is 31. The lowest BCUT2D eigenvalue weighted by Crippen LogP contribution is -2.60. The molecule has 60 heavy (non-hydrogen) atoms. The zero-order valence-corrected chi connectivity index (χ0v) is 39.0. The van der Waals surface area contributed by atoms with Crippen molar-refractivity contribution >= 4 is 5.91 Å². The number of ether oxygens (including phenoxy) is 2. The van der Waals surface area contributed by atoms with Gasteiger partial charge >= 0.3 is 0 Å². The Morgan fingerprint density at radius 3 is 1.35 bits per heavy atom. The topological polar surface area (TPSA) is 149 Å². The number of aliphatic hydroxyl groups excluding tert-OH is 5. The van der Waals surface area contributed by atoms with Crippen LogP contribution in [-0.2, 0) is 14.3 Å².